The number of fused-ring (bicyclic) bond motifs is 1. The third kappa shape index (κ3) is 3.32. The minimum absolute atomic E-state index is 0.349. The third-order valence-corrected chi connectivity index (χ3v) is 3.24. The van der Waals surface area contributed by atoms with Crippen molar-refractivity contribution in [1.29, 1.82) is 10.5 Å². The molecule has 1 aromatic carbocycles. The Balaban J connectivity index is 2.23. The zero-order chi connectivity index (χ0) is 15.6. The first kappa shape index (κ1) is 14.9. The number of ether oxygens (including phenoxy) is 1. The van der Waals surface area contributed by atoms with Gasteiger partial charge in [-0.25, -0.2) is 4.79 Å². The van der Waals surface area contributed by atoms with Gasteiger partial charge in [-0.2, -0.15) is 10.5 Å². The lowest BCUT2D eigenvalue weighted by Crippen LogP contribution is -2.39. The maximum Gasteiger partial charge on any atom is 0.410 e. The molecular formula is C16H17N3O2. The fraction of sp³-hybridized carbons (Fsp3) is 0.438. The predicted molar refractivity (Wildman–Crippen MR) is 76.2 cm³/mol. The van der Waals surface area contributed by atoms with E-state index < -0.39 is 5.60 Å². The molecule has 0 radical (unpaired) electrons. The molecule has 108 valence electrons. The highest BCUT2D eigenvalue weighted by molar-refractivity contribution is 5.69. The Labute approximate surface area is 124 Å². The molecule has 0 unspecified atom stereocenters. The molecule has 5 nitrogen and oxygen atoms in total. The molecule has 1 aliphatic heterocycles. The molecule has 0 bridgehead atoms. The van der Waals surface area contributed by atoms with E-state index in [2.05, 4.69) is 0 Å². The lowest BCUT2D eigenvalue weighted by Gasteiger charge is -2.31. The van der Waals surface area contributed by atoms with Crippen molar-refractivity contribution in [2.24, 2.45) is 0 Å². The van der Waals surface area contributed by atoms with Gasteiger partial charge >= 0.3 is 6.09 Å². The average molecular weight is 283 g/mol. The van der Waals surface area contributed by atoms with Gasteiger partial charge in [0.05, 0.1) is 11.1 Å². The number of benzene rings is 1. The molecule has 0 aromatic heterocycles. The van der Waals surface area contributed by atoms with Crippen LogP contribution in [0, 0.1) is 22.7 Å². The molecule has 0 aliphatic carbocycles. The fourth-order valence-corrected chi connectivity index (χ4v) is 2.28. The minimum Gasteiger partial charge on any atom is -0.444 e. The first-order valence-corrected chi connectivity index (χ1v) is 6.78. The molecule has 0 fully saturated rings. The number of nitrogens with zero attached hydrogens (tertiary/aromatic N) is 3. The van der Waals surface area contributed by atoms with E-state index in [1.165, 1.54) is 0 Å². The number of rotatable bonds is 0. The second kappa shape index (κ2) is 5.46. The van der Waals surface area contributed by atoms with E-state index in [-0.39, 0.29) is 6.09 Å². The van der Waals surface area contributed by atoms with Crippen molar-refractivity contribution in [3.8, 4) is 12.1 Å². The normalized spacial score (nSPS) is 13.9. The standard InChI is InChI=1S/C16H17N3O2/c1-16(2,3)21-15(20)19-5-4-11-6-12(8-17)13(9-18)7-14(11)10-19/h6-7H,4-5,10H2,1-3H3. The molecule has 0 N–H and O–H groups in total. The lowest BCUT2D eigenvalue weighted by atomic mass is 9.94. The number of amides is 1. The summed E-state index contributed by atoms with van der Waals surface area (Å²) in [6, 6.07) is 7.50. The molecular weight excluding hydrogens is 266 g/mol. The number of hydrogen-bond acceptors (Lipinski definition) is 4. The zero-order valence-corrected chi connectivity index (χ0v) is 12.4. The van der Waals surface area contributed by atoms with Crippen molar-refractivity contribution >= 4 is 6.09 Å². The highest BCUT2D eigenvalue weighted by atomic mass is 16.6. The Bertz CT molecular complexity index is 660. The van der Waals surface area contributed by atoms with Crippen molar-refractivity contribution in [2.75, 3.05) is 6.54 Å². The molecule has 1 aliphatic rings. The Morgan fingerprint density at radius 2 is 1.76 bits per heavy atom. The van der Waals surface area contributed by atoms with Gasteiger partial charge in [0.15, 0.2) is 0 Å². The third-order valence-electron chi connectivity index (χ3n) is 3.24. The second-order valence-electron chi connectivity index (χ2n) is 6.04. The zero-order valence-electron chi connectivity index (χ0n) is 12.4. The number of hydrogen-bond donors (Lipinski definition) is 0. The number of nitriles is 2. The summed E-state index contributed by atoms with van der Waals surface area (Å²) in [6.45, 7) is 6.45. The quantitative estimate of drug-likeness (QED) is 0.733. The van der Waals surface area contributed by atoms with E-state index in [0.29, 0.717) is 30.6 Å². The SMILES string of the molecule is CC(C)(C)OC(=O)N1CCc2cc(C#N)c(C#N)cc2C1. The molecule has 0 atom stereocenters. The molecule has 21 heavy (non-hydrogen) atoms. The molecule has 0 saturated carbocycles. The largest absolute Gasteiger partial charge is 0.444 e. The summed E-state index contributed by atoms with van der Waals surface area (Å²) in [5, 5.41) is 18.1. The van der Waals surface area contributed by atoms with Crippen LogP contribution in [0.25, 0.3) is 0 Å². The van der Waals surface area contributed by atoms with Crippen LogP contribution in [0.1, 0.15) is 43.0 Å². The van der Waals surface area contributed by atoms with Gasteiger partial charge in [-0.15, -0.1) is 0 Å². The fourth-order valence-electron chi connectivity index (χ4n) is 2.28. The average Bonchev–Trinajstić information content (AvgIpc) is 2.43. The van der Waals surface area contributed by atoms with Gasteiger partial charge in [0, 0.05) is 13.1 Å². The van der Waals surface area contributed by atoms with Gasteiger partial charge in [-0.3, -0.25) is 0 Å². The topological polar surface area (TPSA) is 77.1 Å². The summed E-state index contributed by atoms with van der Waals surface area (Å²) >= 11 is 0. The molecule has 1 amide bonds. The molecule has 0 saturated heterocycles. The van der Waals surface area contributed by atoms with Crippen molar-refractivity contribution in [1.82, 2.24) is 4.90 Å². The molecule has 5 heteroatoms. The number of carbonyl (C=O) groups excluding carboxylic acids is 1. The van der Waals surface area contributed by atoms with E-state index in [4.69, 9.17) is 15.3 Å². The van der Waals surface area contributed by atoms with Crippen molar-refractivity contribution < 1.29 is 9.53 Å². The van der Waals surface area contributed by atoms with Crippen LogP contribution in [-0.2, 0) is 17.7 Å². The van der Waals surface area contributed by atoms with Crippen LogP contribution in [0.3, 0.4) is 0 Å². The first-order chi connectivity index (χ1) is 9.84. The molecule has 1 heterocycles. The summed E-state index contributed by atoms with van der Waals surface area (Å²) in [5.41, 5.74) is 2.14. The smallest absolute Gasteiger partial charge is 0.410 e. The van der Waals surface area contributed by atoms with Crippen LogP contribution in [0.15, 0.2) is 12.1 Å². The van der Waals surface area contributed by atoms with Crippen LogP contribution >= 0.6 is 0 Å². The van der Waals surface area contributed by atoms with Gasteiger partial charge in [0.2, 0.25) is 0 Å². The minimum atomic E-state index is -0.528. The van der Waals surface area contributed by atoms with Gasteiger partial charge in [-0.1, -0.05) is 0 Å². The van der Waals surface area contributed by atoms with Crippen LogP contribution < -0.4 is 0 Å². The maximum atomic E-state index is 12.1. The van der Waals surface area contributed by atoms with E-state index in [1.807, 2.05) is 32.9 Å². The Morgan fingerprint density at radius 3 is 2.29 bits per heavy atom. The highest BCUT2D eigenvalue weighted by Gasteiger charge is 2.26. The van der Waals surface area contributed by atoms with Crippen molar-refractivity contribution in [3.63, 3.8) is 0 Å². The highest BCUT2D eigenvalue weighted by Crippen LogP contribution is 2.24. The summed E-state index contributed by atoms with van der Waals surface area (Å²) < 4.78 is 5.36. The first-order valence-electron chi connectivity index (χ1n) is 6.78. The van der Waals surface area contributed by atoms with Crippen molar-refractivity contribution in [3.05, 3.63) is 34.4 Å². The molecule has 0 spiro atoms. The Kier molecular flexibility index (Phi) is 3.86. The van der Waals surface area contributed by atoms with Crippen molar-refractivity contribution in [2.45, 2.75) is 39.3 Å². The summed E-state index contributed by atoms with van der Waals surface area (Å²) in [6.07, 6.45) is 0.311. The van der Waals surface area contributed by atoms with E-state index in [1.54, 1.807) is 17.0 Å². The monoisotopic (exact) mass is 283 g/mol. The van der Waals surface area contributed by atoms with Gasteiger partial charge in [0.25, 0.3) is 0 Å². The van der Waals surface area contributed by atoms with E-state index >= 15 is 0 Å². The Hall–Kier alpha value is -2.53. The van der Waals surface area contributed by atoms with E-state index in [9.17, 15) is 4.79 Å². The van der Waals surface area contributed by atoms with Crippen LogP contribution in [-0.4, -0.2) is 23.1 Å². The molecule has 2 rings (SSSR count). The van der Waals surface area contributed by atoms with Gasteiger partial charge in [-0.05, 0) is 50.5 Å². The van der Waals surface area contributed by atoms with E-state index in [0.717, 1.165) is 11.1 Å². The lowest BCUT2D eigenvalue weighted by molar-refractivity contribution is 0.0224. The van der Waals surface area contributed by atoms with Crippen LogP contribution in [0.4, 0.5) is 4.79 Å². The summed E-state index contributed by atoms with van der Waals surface area (Å²) in [4.78, 5) is 13.7. The predicted octanol–water partition coefficient (Wildman–Crippen LogP) is 2.72. The van der Waals surface area contributed by atoms with Crippen LogP contribution in [0.5, 0.6) is 0 Å². The van der Waals surface area contributed by atoms with Gasteiger partial charge in [0.1, 0.15) is 17.7 Å². The van der Waals surface area contributed by atoms with Gasteiger partial charge < -0.3 is 9.64 Å². The maximum absolute atomic E-state index is 12.1. The molecule has 1 aromatic rings. The second-order valence-corrected chi connectivity index (χ2v) is 6.04. The number of carbonyl (C=O) groups is 1. The Morgan fingerprint density at radius 1 is 1.19 bits per heavy atom. The van der Waals surface area contributed by atoms with Crippen LogP contribution in [0.2, 0.25) is 0 Å². The summed E-state index contributed by atoms with van der Waals surface area (Å²) in [5.74, 6) is 0. The summed E-state index contributed by atoms with van der Waals surface area (Å²) in [7, 11) is 0.